The average molecular weight is 423 g/mol. The van der Waals surface area contributed by atoms with Gasteiger partial charge in [-0.3, -0.25) is 4.79 Å². The number of rotatable bonds is 6. The van der Waals surface area contributed by atoms with Gasteiger partial charge < -0.3 is 20.3 Å². The fraction of sp³-hybridized carbons (Fsp3) is 0.520. The van der Waals surface area contributed by atoms with Gasteiger partial charge in [-0.2, -0.15) is 0 Å². The second-order valence-corrected chi connectivity index (χ2v) is 9.05. The van der Waals surface area contributed by atoms with E-state index in [2.05, 4.69) is 60.9 Å². The zero-order chi connectivity index (χ0) is 22.0. The minimum Gasteiger partial charge on any atom is -0.481 e. The number of pyridine rings is 1. The van der Waals surface area contributed by atoms with Crippen LogP contribution < -0.4 is 20.3 Å². The molecule has 2 aliphatic rings. The molecule has 0 radical (unpaired) electrons. The van der Waals surface area contributed by atoms with E-state index < -0.39 is 0 Å². The molecule has 0 unspecified atom stereocenters. The molecule has 2 N–H and O–H groups in total. The van der Waals surface area contributed by atoms with Crippen LogP contribution in [0.4, 0.5) is 5.69 Å². The van der Waals surface area contributed by atoms with Crippen molar-refractivity contribution in [3.8, 4) is 5.88 Å². The van der Waals surface area contributed by atoms with Gasteiger partial charge in [0.05, 0.1) is 18.5 Å². The van der Waals surface area contributed by atoms with Gasteiger partial charge in [-0.15, -0.1) is 0 Å². The molecule has 0 aliphatic carbocycles. The van der Waals surface area contributed by atoms with Crippen LogP contribution in [0, 0.1) is 5.92 Å². The van der Waals surface area contributed by atoms with Crippen LogP contribution in [0.15, 0.2) is 36.4 Å². The normalized spacial score (nSPS) is 23.7. The van der Waals surface area contributed by atoms with Gasteiger partial charge in [0, 0.05) is 50.1 Å². The monoisotopic (exact) mass is 422 g/mol. The van der Waals surface area contributed by atoms with Crippen LogP contribution in [0.3, 0.4) is 0 Å². The summed E-state index contributed by atoms with van der Waals surface area (Å²) < 4.78 is 5.60. The van der Waals surface area contributed by atoms with Crippen molar-refractivity contribution in [3.63, 3.8) is 0 Å². The van der Waals surface area contributed by atoms with E-state index in [0.717, 1.165) is 29.8 Å². The summed E-state index contributed by atoms with van der Waals surface area (Å²) in [5.74, 6) is 1.39. The van der Waals surface area contributed by atoms with E-state index in [1.165, 1.54) is 5.56 Å². The van der Waals surface area contributed by atoms with Crippen LogP contribution >= 0.6 is 0 Å². The number of hydrogen-bond donors (Lipinski definition) is 2. The highest BCUT2D eigenvalue weighted by atomic mass is 16.5. The number of benzene rings is 1. The number of ether oxygens (including phenoxy) is 1. The first-order valence-electron chi connectivity index (χ1n) is 11.4. The molecule has 1 saturated heterocycles. The fourth-order valence-electron chi connectivity index (χ4n) is 4.80. The zero-order valence-corrected chi connectivity index (χ0v) is 19.0. The van der Waals surface area contributed by atoms with E-state index in [0.29, 0.717) is 43.3 Å². The van der Waals surface area contributed by atoms with E-state index in [1.54, 1.807) is 12.0 Å². The fourth-order valence-corrected chi connectivity index (χ4v) is 4.80. The Morgan fingerprint density at radius 1 is 1.23 bits per heavy atom. The third-order valence-corrected chi connectivity index (χ3v) is 6.73. The number of nitrogens with zero attached hydrogens (tertiary/aromatic N) is 2. The van der Waals surface area contributed by atoms with Crippen molar-refractivity contribution < 1.29 is 9.53 Å². The Balaban J connectivity index is 1.55. The number of hydrogen-bond acceptors (Lipinski definition) is 5. The molecule has 0 bridgehead atoms. The van der Waals surface area contributed by atoms with Gasteiger partial charge in [0.1, 0.15) is 0 Å². The van der Waals surface area contributed by atoms with E-state index in [1.807, 2.05) is 7.05 Å². The lowest BCUT2D eigenvalue weighted by Crippen LogP contribution is -2.51. The number of piperidine rings is 1. The van der Waals surface area contributed by atoms with Gasteiger partial charge in [-0.05, 0) is 30.4 Å². The molecule has 1 amide bonds. The standard InChI is InChI=1S/C25H34N4O2/c1-16(2)19-10-11-21(24(27-19)17-8-6-5-7-9-17)26-15-18-14-22-20(28-25(18)31-4)12-13-23(30)29(22)3/h5-9,14,16,19,21,24,26-27H,10-13,15H2,1-4H3/t19-,21-,24+/m0/s1. The molecule has 3 heterocycles. The summed E-state index contributed by atoms with van der Waals surface area (Å²) in [6.45, 7) is 5.22. The van der Waals surface area contributed by atoms with Crippen LogP contribution in [0.5, 0.6) is 5.88 Å². The number of carbonyl (C=O) groups excluding carboxylic acids is 1. The molecule has 0 saturated carbocycles. The van der Waals surface area contributed by atoms with Crippen molar-refractivity contribution in [1.82, 2.24) is 15.6 Å². The van der Waals surface area contributed by atoms with Gasteiger partial charge in [0.25, 0.3) is 0 Å². The average Bonchev–Trinajstić information content (AvgIpc) is 2.80. The first-order chi connectivity index (χ1) is 15.0. The highest BCUT2D eigenvalue weighted by Crippen LogP contribution is 2.32. The number of fused-ring (bicyclic) bond motifs is 1. The minimum absolute atomic E-state index is 0.138. The molecule has 2 aliphatic heterocycles. The first-order valence-corrected chi connectivity index (χ1v) is 11.4. The number of anilines is 1. The summed E-state index contributed by atoms with van der Waals surface area (Å²) in [6, 6.07) is 13.8. The van der Waals surface area contributed by atoms with Crippen molar-refractivity contribution in [3.05, 3.63) is 53.2 Å². The van der Waals surface area contributed by atoms with Crippen LogP contribution in [-0.2, 0) is 17.8 Å². The van der Waals surface area contributed by atoms with Crippen LogP contribution in [0.2, 0.25) is 0 Å². The second-order valence-electron chi connectivity index (χ2n) is 9.05. The van der Waals surface area contributed by atoms with Gasteiger partial charge in [-0.1, -0.05) is 44.2 Å². The Morgan fingerprint density at radius 2 is 2.00 bits per heavy atom. The van der Waals surface area contributed by atoms with Gasteiger partial charge >= 0.3 is 0 Å². The highest BCUT2D eigenvalue weighted by Gasteiger charge is 2.32. The summed E-state index contributed by atoms with van der Waals surface area (Å²) in [5.41, 5.74) is 4.13. The van der Waals surface area contributed by atoms with Crippen molar-refractivity contribution in [1.29, 1.82) is 0 Å². The topological polar surface area (TPSA) is 66.5 Å². The van der Waals surface area contributed by atoms with E-state index in [9.17, 15) is 4.79 Å². The Morgan fingerprint density at radius 3 is 2.71 bits per heavy atom. The number of aryl methyl sites for hydroxylation is 1. The maximum atomic E-state index is 12.2. The third-order valence-electron chi connectivity index (χ3n) is 6.73. The molecule has 1 aromatic heterocycles. The third kappa shape index (κ3) is 4.60. The van der Waals surface area contributed by atoms with Gasteiger partial charge in [-0.25, -0.2) is 4.98 Å². The minimum atomic E-state index is 0.138. The Labute approximate surface area is 185 Å². The summed E-state index contributed by atoms with van der Waals surface area (Å²) in [4.78, 5) is 18.6. The molecular weight excluding hydrogens is 388 g/mol. The molecule has 2 aromatic rings. The van der Waals surface area contributed by atoms with Crippen molar-refractivity contribution >= 4 is 11.6 Å². The summed E-state index contributed by atoms with van der Waals surface area (Å²) >= 11 is 0. The Bertz CT molecular complexity index is 915. The number of amides is 1. The largest absolute Gasteiger partial charge is 0.481 e. The van der Waals surface area contributed by atoms with E-state index in [-0.39, 0.29) is 11.9 Å². The second kappa shape index (κ2) is 9.37. The van der Waals surface area contributed by atoms with Crippen LogP contribution in [0.1, 0.15) is 56.0 Å². The van der Waals surface area contributed by atoms with Gasteiger partial charge in [0.2, 0.25) is 11.8 Å². The zero-order valence-electron chi connectivity index (χ0n) is 19.0. The predicted molar refractivity (Wildman–Crippen MR) is 123 cm³/mol. The summed E-state index contributed by atoms with van der Waals surface area (Å²) in [5, 5.41) is 7.65. The van der Waals surface area contributed by atoms with E-state index >= 15 is 0 Å². The lowest BCUT2D eigenvalue weighted by molar-refractivity contribution is -0.118. The first kappa shape index (κ1) is 21.8. The molecule has 1 aromatic carbocycles. The molecular formula is C25H34N4O2. The quantitative estimate of drug-likeness (QED) is 0.745. The SMILES string of the molecule is COc1nc2c(cc1CN[C@H]1CC[C@@H](C(C)C)N[C@@H]1c1ccccc1)N(C)C(=O)CC2. The van der Waals surface area contributed by atoms with Crippen molar-refractivity contribution in [2.45, 2.75) is 64.2 Å². The van der Waals surface area contributed by atoms with E-state index in [4.69, 9.17) is 9.72 Å². The lowest BCUT2D eigenvalue weighted by atomic mass is 9.85. The smallest absolute Gasteiger partial charge is 0.227 e. The maximum absolute atomic E-state index is 12.2. The number of nitrogens with one attached hydrogen (secondary N) is 2. The Kier molecular flexibility index (Phi) is 6.58. The number of aromatic nitrogens is 1. The Hall–Kier alpha value is -2.44. The van der Waals surface area contributed by atoms with Crippen LogP contribution in [0.25, 0.3) is 0 Å². The predicted octanol–water partition coefficient (Wildman–Crippen LogP) is 3.61. The molecule has 3 atom stereocenters. The lowest BCUT2D eigenvalue weighted by Gasteiger charge is -2.40. The molecule has 0 spiro atoms. The number of carbonyl (C=O) groups is 1. The molecule has 4 rings (SSSR count). The molecule has 6 nitrogen and oxygen atoms in total. The number of methoxy groups -OCH3 is 1. The highest BCUT2D eigenvalue weighted by molar-refractivity contribution is 5.95. The maximum Gasteiger partial charge on any atom is 0.227 e. The summed E-state index contributed by atoms with van der Waals surface area (Å²) in [6.07, 6.45) is 3.42. The van der Waals surface area contributed by atoms with Gasteiger partial charge in [0.15, 0.2) is 0 Å². The van der Waals surface area contributed by atoms with Crippen molar-refractivity contribution in [2.75, 3.05) is 19.1 Å². The molecule has 6 heteroatoms. The molecule has 1 fully saturated rings. The van der Waals surface area contributed by atoms with Crippen LogP contribution in [-0.4, -0.2) is 37.1 Å². The molecule has 166 valence electrons. The molecule has 31 heavy (non-hydrogen) atoms. The van der Waals surface area contributed by atoms with Crippen molar-refractivity contribution in [2.24, 2.45) is 5.92 Å². The summed E-state index contributed by atoms with van der Waals surface area (Å²) in [7, 11) is 3.49.